The number of rotatable bonds is 5. The van der Waals surface area contributed by atoms with Crippen LogP contribution in [0.4, 0.5) is 0 Å². The van der Waals surface area contributed by atoms with Gasteiger partial charge in [0.15, 0.2) is 0 Å². The van der Waals surface area contributed by atoms with Crippen molar-refractivity contribution in [2.45, 2.75) is 32.3 Å². The number of carbonyl (C=O) groups excluding carboxylic acids is 1. The molecule has 2 rings (SSSR count). The van der Waals surface area contributed by atoms with Crippen molar-refractivity contribution in [2.75, 3.05) is 0 Å². The van der Waals surface area contributed by atoms with Gasteiger partial charge in [-0.05, 0) is 22.0 Å². The second-order valence-corrected chi connectivity index (χ2v) is 5.77. The van der Waals surface area contributed by atoms with E-state index in [-0.39, 0.29) is 12.1 Å². The Bertz CT molecular complexity index is 517. The van der Waals surface area contributed by atoms with E-state index in [0.717, 1.165) is 34.0 Å². The van der Waals surface area contributed by atoms with Gasteiger partial charge in [-0.1, -0.05) is 66.2 Å². The highest BCUT2D eigenvalue weighted by molar-refractivity contribution is 9.11. The zero-order valence-corrected chi connectivity index (χ0v) is 12.6. The number of benzene rings is 1. The minimum Gasteiger partial charge on any atom is -0.450 e. The van der Waals surface area contributed by atoms with Gasteiger partial charge < -0.3 is 4.74 Å². The fourth-order valence-electron chi connectivity index (χ4n) is 2.35. The molecule has 1 atom stereocenters. The summed E-state index contributed by atoms with van der Waals surface area (Å²) >= 11 is 3.39. The van der Waals surface area contributed by atoms with Crippen LogP contribution in [-0.4, -0.2) is 5.97 Å². The molecule has 0 spiro atoms. The summed E-state index contributed by atoms with van der Waals surface area (Å²) < 4.78 is 6.42. The lowest BCUT2D eigenvalue weighted by atomic mass is 9.95. The minimum absolute atomic E-state index is 0.181. The van der Waals surface area contributed by atoms with Gasteiger partial charge in [0.1, 0.15) is 6.10 Å². The highest BCUT2D eigenvalue weighted by Gasteiger charge is 2.34. The lowest BCUT2D eigenvalue weighted by Gasteiger charge is -2.14. The maximum Gasteiger partial charge on any atom is 0.335 e. The number of carbonyl (C=O) groups is 1. The molecule has 3 heteroatoms. The van der Waals surface area contributed by atoms with E-state index >= 15 is 0 Å². The molecule has 2 nitrogen and oxygen atoms in total. The zero-order chi connectivity index (χ0) is 13.8. The van der Waals surface area contributed by atoms with Gasteiger partial charge in [-0.2, -0.15) is 0 Å². The quantitative estimate of drug-likeness (QED) is 0.736. The Morgan fingerprint density at radius 2 is 2.05 bits per heavy atom. The number of allylic oxidation sites excluding steroid dienone is 1. The predicted octanol–water partition coefficient (Wildman–Crippen LogP) is 4.68. The molecule has 0 aliphatic carbocycles. The van der Waals surface area contributed by atoms with Crippen LogP contribution < -0.4 is 0 Å². The number of cyclic esters (lactones) is 1. The van der Waals surface area contributed by atoms with Crippen LogP contribution in [0.2, 0.25) is 0 Å². The molecule has 0 saturated heterocycles. The Morgan fingerprint density at radius 3 is 2.63 bits per heavy atom. The van der Waals surface area contributed by atoms with Crippen LogP contribution >= 0.6 is 15.9 Å². The number of hydrogen-bond acceptors (Lipinski definition) is 2. The molecular formula is C16H17BrO2. The predicted molar refractivity (Wildman–Crippen MR) is 79.9 cm³/mol. The summed E-state index contributed by atoms with van der Waals surface area (Å²) in [4.78, 5) is 12.0. The summed E-state index contributed by atoms with van der Waals surface area (Å²) in [6.07, 6.45) is 2.09. The van der Waals surface area contributed by atoms with E-state index in [1.54, 1.807) is 0 Å². The molecule has 0 radical (unpaired) electrons. The van der Waals surface area contributed by atoms with Crippen LogP contribution in [0.1, 0.15) is 37.9 Å². The van der Waals surface area contributed by atoms with Crippen molar-refractivity contribution in [2.24, 2.45) is 0 Å². The molecule has 0 saturated carbocycles. The van der Waals surface area contributed by atoms with Crippen LogP contribution in [0.3, 0.4) is 0 Å². The van der Waals surface area contributed by atoms with Gasteiger partial charge in [-0.3, -0.25) is 0 Å². The van der Waals surface area contributed by atoms with Crippen molar-refractivity contribution in [1.82, 2.24) is 0 Å². The first-order valence-corrected chi connectivity index (χ1v) is 7.24. The normalized spacial score (nSPS) is 18.6. The van der Waals surface area contributed by atoms with Crippen molar-refractivity contribution >= 4 is 21.9 Å². The SMILES string of the molecule is C=C(Br)CC1=C(CCC)C(=O)OC1c1ccccc1. The van der Waals surface area contributed by atoms with E-state index in [1.807, 2.05) is 30.3 Å². The Morgan fingerprint density at radius 1 is 1.37 bits per heavy atom. The van der Waals surface area contributed by atoms with Crippen LogP contribution in [0, 0.1) is 0 Å². The average molecular weight is 321 g/mol. The van der Waals surface area contributed by atoms with E-state index in [0.29, 0.717) is 6.42 Å². The number of halogens is 1. The van der Waals surface area contributed by atoms with Gasteiger partial charge in [0.25, 0.3) is 0 Å². The van der Waals surface area contributed by atoms with Crippen molar-refractivity contribution in [1.29, 1.82) is 0 Å². The first-order valence-electron chi connectivity index (χ1n) is 6.44. The lowest BCUT2D eigenvalue weighted by molar-refractivity contribution is -0.140. The maximum absolute atomic E-state index is 12.0. The highest BCUT2D eigenvalue weighted by atomic mass is 79.9. The summed E-state index contributed by atoms with van der Waals surface area (Å²) in [6.45, 7) is 5.95. The standard InChI is InChI=1S/C16H17BrO2/c1-3-7-13-14(10-11(2)17)15(19-16(13)18)12-8-5-4-6-9-12/h4-6,8-9,15H,2-3,7,10H2,1H3. The molecule has 0 amide bonds. The Kier molecular flexibility index (Phi) is 4.59. The first-order chi connectivity index (χ1) is 9.13. The molecule has 19 heavy (non-hydrogen) atoms. The van der Waals surface area contributed by atoms with Crippen LogP contribution in [0.25, 0.3) is 0 Å². The highest BCUT2D eigenvalue weighted by Crippen LogP contribution is 2.40. The third-order valence-corrected chi connectivity index (χ3v) is 3.44. The summed E-state index contributed by atoms with van der Waals surface area (Å²) in [5.41, 5.74) is 2.88. The van der Waals surface area contributed by atoms with Crippen molar-refractivity contribution in [3.63, 3.8) is 0 Å². The molecule has 1 aromatic rings. The molecule has 1 unspecified atom stereocenters. The summed E-state index contributed by atoms with van der Waals surface area (Å²) in [5, 5.41) is 0. The van der Waals surface area contributed by atoms with E-state index in [1.165, 1.54) is 0 Å². The lowest BCUT2D eigenvalue weighted by Crippen LogP contribution is -2.03. The van der Waals surface area contributed by atoms with Gasteiger partial charge in [-0.15, -0.1) is 0 Å². The van der Waals surface area contributed by atoms with Gasteiger partial charge in [0.05, 0.1) is 0 Å². The minimum atomic E-state index is -0.260. The van der Waals surface area contributed by atoms with Crippen molar-refractivity contribution in [3.8, 4) is 0 Å². The smallest absolute Gasteiger partial charge is 0.335 e. The maximum atomic E-state index is 12.0. The molecule has 0 bridgehead atoms. The summed E-state index contributed by atoms with van der Waals surface area (Å²) in [6, 6.07) is 9.86. The van der Waals surface area contributed by atoms with Crippen molar-refractivity contribution in [3.05, 3.63) is 58.1 Å². The average Bonchev–Trinajstić information content (AvgIpc) is 2.68. The van der Waals surface area contributed by atoms with E-state index in [9.17, 15) is 4.79 Å². The van der Waals surface area contributed by atoms with Gasteiger partial charge in [0, 0.05) is 12.0 Å². The van der Waals surface area contributed by atoms with E-state index < -0.39 is 0 Å². The number of hydrogen-bond donors (Lipinski definition) is 0. The van der Waals surface area contributed by atoms with E-state index in [2.05, 4.69) is 29.4 Å². The Hall–Kier alpha value is -1.35. The monoisotopic (exact) mass is 320 g/mol. The molecule has 0 N–H and O–H groups in total. The van der Waals surface area contributed by atoms with Gasteiger partial charge in [-0.25, -0.2) is 4.79 Å². The second kappa shape index (κ2) is 6.20. The van der Waals surface area contributed by atoms with Crippen LogP contribution in [0.5, 0.6) is 0 Å². The zero-order valence-electron chi connectivity index (χ0n) is 11.0. The fraction of sp³-hybridized carbons (Fsp3) is 0.312. The van der Waals surface area contributed by atoms with Crippen molar-refractivity contribution < 1.29 is 9.53 Å². The third kappa shape index (κ3) is 3.16. The summed E-state index contributed by atoms with van der Waals surface area (Å²) in [7, 11) is 0. The van der Waals surface area contributed by atoms with Crippen LogP contribution in [0.15, 0.2) is 52.5 Å². The third-order valence-electron chi connectivity index (χ3n) is 3.16. The first kappa shape index (κ1) is 14.1. The van der Waals surface area contributed by atoms with Gasteiger partial charge in [0.2, 0.25) is 0 Å². The molecule has 1 aromatic carbocycles. The Balaban J connectivity index is 2.39. The van der Waals surface area contributed by atoms with Gasteiger partial charge >= 0.3 is 5.97 Å². The molecule has 0 fully saturated rings. The molecule has 1 heterocycles. The largest absolute Gasteiger partial charge is 0.450 e. The topological polar surface area (TPSA) is 26.3 Å². The fourth-order valence-corrected chi connectivity index (χ4v) is 2.66. The summed E-state index contributed by atoms with van der Waals surface area (Å²) in [5.74, 6) is -0.181. The number of esters is 1. The van der Waals surface area contributed by atoms with Crippen LogP contribution in [-0.2, 0) is 9.53 Å². The van der Waals surface area contributed by atoms with E-state index in [4.69, 9.17) is 4.74 Å². The molecule has 1 aliphatic rings. The molecule has 1 aliphatic heterocycles. The Labute approximate surface area is 122 Å². The second-order valence-electron chi connectivity index (χ2n) is 4.64. The molecule has 0 aromatic heterocycles. The number of ether oxygens (including phenoxy) is 1. The molecular weight excluding hydrogens is 304 g/mol. The molecule has 100 valence electrons.